The highest BCUT2D eigenvalue weighted by molar-refractivity contribution is 8.00. The van der Waals surface area contributed by atoms with Crippen LogP contribution in [0, 0.1) is 0 Å². The third-order valence-electron chi connectivity index (χ3n) is 9.48. The first-order chi connectivity index (χ1) is 27.7. The molecular formula is C37H28O12S7. The minimum Gasteiger partial charge on any atom is -0.485 e. The molecule has 0 amide bonds. The van der Waals surface area contributed by atoms with Crippen LogP contribution < -0.4 is 56.8 Å². The van der Waals surface area contributed by atoms with E-state index in [1.165, 1.54) is 0 Å². The lowest BCUT2D eigenvalue weighted by Gasteiger charge is -2.19. The number of hydrogen-bond acceptors (Lipinski definition) is 19. The number of rotatable bonds is 6. The lowest BCUT2D eigenvalue weighted by Crippen LogP contribution is -2.16. The molecule has 290 valence electrons. The summed E-state index contributed by atoms with van der Waals surface area (Å²) >= 11 is 11.3. The van der Waals surface area contributed by atoms with Gasteiger partial charge in [0.2, 0.25) is 0 Å². The first-order valence-corrected chi connectivity index (χ1v) is 24.0. The lowest BCUT2D eigenvalue weighted by molar-refractivity contribution is 0.169. The molecule has 12 rings (SSSR count). The first kappa shape index (κ1) is 34.2. The Morgan fingerprint density at radius 3 is 0.946 bits per heavy atom. The van der Waals surface area contributed by atoms with Gasteiger partial charge in [0.25, 0.3) is 0 Å². The molecule has 0 atom stereocenters. The zero-order valence-electron chi connectivity index (χ0n) is 29.3. The molecule has 6 aromatic rings. The van der Waals surface area contributed by atoms with Crippen LogP contribution in [0.1, 0.15) is 0 Å². The van der Waals surface area contributed by atoms with Crippen molar-refractivity contribution in [3.63, 3.8) is 0 Å². The van der Waals surface area contributed by atoms with Gasteiger partial charge in [-0.3, -0.25) is 0 Å². The van der Waals surface area contributed by atoms with Crippen molar-refractivity contribution >= 4 is 79.8 Å². The zero-order chi connectivity index (χ0) is 36.9. The van der Waals surface area contributed by atoms with E-state index in [1.54, 1.807) is 79.8 Å². The predicted octanol–water partition coefficient (Wildman–Crippen LogP) is 9.74. The molecule has 6 aromatic heterocycles. The van der Waals surface area contributed by atoms with E-state index in [0.717, 1.165) is 76.0 Å². The highest BCUT2D eigenvalue weighted by Crippen LogP contribution is 2.68. The molecule has 0 fully saturated rings. The van der Waals surface area contributed by atoms with Crippen molar-refractivity contribution in [2.45, 2.75) is 4.21 Å². The van der Waals surface area contributed by atoms with E-state index < -0.39 is 0 Å². The maximum absolute atomic E-state index is 6.47. The number of thioether (sulfide) groups is 1. The van der Waals surface area contributed by atoms with Crippen LogP contribution in [0.25, 0.3) is 48.8 Å². The Kier molecular flexibility index (Phi) is 8.33. The Labute approximate surface area is 347 Å². The average Bonchev–Trinajstić information content (AvgIpc) is 4.11. The summed E-state index contributed by atoms with van der Waals surface area (Å²) in [5, 5.41) is 1.99. The summed E-state index contributed by atoms with van der Waals surface area (Å²) in [5.41, 5.74) is 0. The van der Waals surface area contributed by atoms with Gasteiger partial charge < -0.3 is 56.8 Å². The molecule has 19 heteroatoms. The molecule has 0 aromatic carbocycles. The van der Waals surface area contributed by atoms with Gasteiger partial charge in [-0.25, -0.2) is 0 Å². The van der Waals surface area contributed by atoms with Gasteiger partial charge in [-0.05, 0) is 6.26 Å². The van der Waals surface area contributed by atoms with Gasteiger partial charge in [0, 0.05) is 5.38 Å². The first-order valence-electron chi connectivity index (χ1n) is 17.8. The molecule has 12 nitrogen and oxygen atoms in total. The van der Waals surface area contributed by atoms with Crippen LogP contribution in [0.3, 0.4) is 0 Å². The fraction of sp³-hybridized carbons (Fsp3) is 0.351. The van der Waals surface area contributed by atoms with Gasteiger partial charge in [0.05, 0.1) is 48.8 Å². The smallest absolute Gasteiger partial charge is 0.186 e. The Bertz CT molecular complexity index is 2530. The van der Waals surface area contributed by atoms with Crippen molar-refractivity contribution in [3.05, 3.63) is 5.38 Å². The summed E-state index contributed by atoms with van der Waals surface area (Å²) in [5.74, 6) is 8.55. The van der Waals surface area contributed by atoms with Crippen LogP contribution >= 0.6 is 79.8 Å². The summed E-state index contributed by atoms with van der Waals surface area (Å²) in [7, 11) is 0. The quantitative estimate of drug-likeness (QED) is 0.148. The summed E-state index contributed by atoms with van der Waals surface area (Å²) in [6.07, 6.45) is 2.05. The van der Waals surface area contributed by atoms with E-state index in [4.69, 9.17) is 56.8 Å². The average molecular weight is 889 g/mol. The van der Waals surface area contributed by atoms with Crippen LogP contribution in [0.5, 0.6) is 69.0 Å². The fourth-order valence-electron chi connectivity index (χ4n) is 7.23. The summed E-state index contributed by atoms with van der Waals surface area (Å²) < 4.78 is 76.6. The van der Waals surface area contributed by atoms with Crippen LogP contribution in [0.2, 0.25) is 0 Å². The second-order valence-corrected chi connectivity index (χ2v) is 19.8. The molecule has 0 aliphatic carbocycles. The third kappa shape index (κ3) is 5.17. The molecular weight excluding hydrogens is 861 g/mol. The van der Waals surface area contributed by atoms with Gasteiger partial charge in [-0.2, -0.15) is 0 Å². The van der Waals surface area contributed by atoms with Gasteiger partial charge in [0.15, 0.2) is 69.0 Å². The minimum atomic E-state index is 0.418. The Morgan fingerprint density at radius 2 is 0.589 bits per heavy atom. The van der Waals surface area contributed by atoms with Crippen molar-refractivity contribution < 1.29 is 56.8 Å². The number of thiophene rings is 6. The van der Waals surface area contributed by atoms with Gasteiger partial charge in [0.1, 0.15) is 83.5 Å². The molecule has 0 saturated heterocycles. The monoisotopic (exact) mass is 888 g/mol. The molecule has 0 N–H and O–H groups in total. The van der Waals surface area contributed by atoms with Crippen LogP contribution in [-0.2, 0) is 0 Å². The molecule has 6 aliphatic rings. The Morgan fingerprint density at radius 1 is 0.321 bits per heavy atom. The van der Waals surface area contributed by atoms with Crippen molar-refractivity contribution in [1.82, 2.24) is 0 Å². The topological polar surface area (TPSA) is 111 Å². The molecule has 6 aliphatic heterocycles. The zero-order valence-corrected chi connectivity index (χ0v) is 35.0. The molecule has 0 radical (unpaired) electrons. The predicted molar refractivity (Wildman–Crippen MR) is 219 cm³/mol. The Balaban J connectivity index is 1.02. The van der Waals surface area contributed by atoms with Crippen LogP contribution in [0.15, 0.2) is 9.59 Å². The molecule has 56 heavy (non-hydrogen) atoms. The van der Waals surface area contributed by atoms with Crippen molar-refractivity contribution in [2.75, 3.05) is 85.5 Å². The van der Waals surface area contributed by atoms with Crippen molar-refractivity contribution in [2.24, 2.45) is 0 Å². The molecule has 12 heterocycles. The normalized spacial score (nSPS) is 17.2. The maximum Gasteiger partial charge on any atom is 0.186 e. The second kappa shape index (κ2) is 13.6. The third-order valence-corrected chi connectivity index (χ3v) is 18.1. The molecule has 0 spiro atoms. The number of ether oxygens (including phenoxy) is 12. The van der Waals surface area contributed by atoms with Gasteiger partial charge >= 0.3 is 0 Å². The van der Waals surface area contributed by atoms with E-state index >= 15 is 0 Å². The second-order valence-electron chi connectivity index (χ2n) is 12.7. The summed E-state index contributed by atoms with van der Waals surface area (Å²) in [6, 6.07) is 0. The molecule has 0 bridgehead atoms. The van der Waals surface area contributed by atoms with Crippen LogP contribution in [-0.4, -0.2) is 85.5 Å². The highest BCUT2D eigenvalue weighted by atomic mass is 32.2. The maximum atomic E-state index is 6.47. The summed E-state index contributed by atoms with van der Waals surface area (Å²) in [6.45, 7) is 5.48. The fourth-order valence-corrected chi connectivity index (χ4v) is 15.4. The molecule has 0 saturated carbocycles. The van der Waals surface area contributed by atoms with Gasteiger partial charge in [-0.1, -0.05) is 0 Å². The van der Waals surface area contributed by atoms with Crippen LogP contribution in [0.4, 0.5) is 0 Å². The standard InChI is InChI=1S/C37H28O12S7/c1-50-37-26-25(48-12-13-49-26)36(56-37)35-24-23(46-10-11-47-24)34(55-35)33-22-21(44-8-9-45-22)32(54-33)31-20-19(42-6-7-43-20)30(53-31)29-18-17(40-4-5-41-18)28(52-29)27-16-15(14-51-27)38-2-3-39-16/h14H,2-13H2,1H3. The SMILES string of the molecule is CSc1sc(-c2sc(-c3sc(-c4sc(-c5sc(-c6scc7c6OCCO7)c6c5OCCO6)c5c4OCCO5)c4c3OCCO4)c3c2OCCO3)c2c1OCCO2. The van der Waals surface area contributed by atoms with E-state index in [1.807, 2.05) is 5.38 Å². The molecule has 0 unspecified atom stereocenters. The van der Waals surface area contributed by atoms with E-state index in [2.05, 4.69) is 6.26 Å². The van der Waals surface area contributed by atoms with Crippen molar-refractivity contribution in [1.29, 1.82) is 0 Å². The van der Waals surface area contributed by atoms with Gasteiger partial charge in [-0.15, -0.1) is 79.8 Å². The minimum absolute atomic E-state index is 0.418. The number of hydrogen-bond donors (Lipinski definition) is 0. The van der Waals surface area contributed by atoms with E-state index in [-0.39, 0.29) is 0 Å². The lowest BCUT2D eigenvalue weighted by atomic mass is 10.2. The van der Waals surface area contributed by atoms with E-state index in [9.17, 15) is 0 Å². The highest BCUT2D eigenvalue weighted by Gasteiger charge is 2.40. The summed E-state index contributed by atoms with van der Waals surface area (Å²) in [4.78, 5) is 9.22. The Hall–Kier alpha value is -3.85. The number of fused-ring (bicyclic) bond motifs is 6. The largest absolute Gasteiger partial charge is 0.485 e. The van der Waals surface area contributed by atoms with E-state index in [0.29, 0.717) is 125 Å². The van der Waals surface area contributed by atoms with Crippen molar-refractivity contribution in [3.8, 4) is 118 Å².